The molecular formula is C14H12F3NO. The minimum absolute atomic E-state index is 0.106. The second-order valence-corrected chi connectivity index (χ2v) is 4.10. The van der Waals surface area contributed by atoms with E-state index in [9.17, 15) is 18.3 Å². The molecule has 2 aromatic carbocycles. The van der Waals surface area contributed by atoms with Crippen LogP contribution in [0.25, 0.3) is 0 Å². The van der Waals surface area contributed by atoms with Gasteiger partial charge in [0.05, 0.1) is 5.56 Å². The highest BCUT2D eigenvalue weighted by Gasteiger charge is 2.30. The van der Waals surface area contributed by atoms with Crippen molar-refractivity contribution in [3.05, 3.63) is 59.7 Å². The molecule has 100 valence electrons. The Morgan fingerprint density at radius 1 is 1.00 bits per heavy atom. The zero-order chi connectivity index (χ0) is 13.9. The molecule has 5 heteroatoms. The van der Waals surface area contributed by atoms with Gasteiger partial charge in [0, 0.05) is 18.3 Å². The monoisotopic (exact) mass is 267 g/mol. The van der Waals surface area contributed by atoms with Gasteiger partial charge in [-0.25, -0.2) is 0 Å². The Hall–Kier alpha value is -2.17. The molecule has 0 aliphatic rings. The summed E-state index contributed by atoms with van der Waals surface area (Å²) in [4.78, 5) is 0. The van der Waals surface area contributed by atoms with E-state index < -0.39 is 11.7 Å². The van der Waals surface area contributed by atoms with Crippen LogP contribution < -0.4 is 5.32 Å². The van der Waals surface area contributed by atoms with E-state index in [2.05, 4.69) is 5.32 Å². The van der Waals surface area contributed by atoms with Crippen molar-refractivity contribution in [1.29, 1.82) is 0 Å². The second-order valence-electron chi connectivity index (χ2n) is 4.10. The lowest BCUT2D eigenvalue weighted by Gasteiger charge is -2.10. The van der Waals surface area contributed by atoms with Gasteiger partial charge in [-0.2, -0.15) is 13.2 Å². The Labute approximate surface area is 108 Å². The van der Waals surface area contributed by atoms with Gasteiger partial charge < -0.3 is 10.4 Å². The van der Waals surface area contributed by atoms with Crippen LogP contribution in [0.3, 0.4) is 0 Å². The fraction of sp³-hybridized carbons (Fsp3) is 0.143. The molecule has 0 bridgehead atoms. The van der Waals surface area contributed by atoms with Gasteiger partial charge in [0.1, 0.15) is 5.75 Å². The van der Waals surface area contributed by atoms with Gasteiger partial charge >= 0.3 is 6.18 Å². The summed E-state index contributed by atoms with van der Waals surface area (Å²) in [6.45, 7) is 0.257. The summed E-state index contributed by atoms with van der Waals surface area (Å²) in [6.07, 6.45) is -4.33. The molecule has 0 fully saturated rings. The molecule has 0 atom stereocenters. The Kier molecular flexibility index (Phi) is 3.64. The molecule has 0 radical (unpaired) electrons. The van der Waals surface area contributed by atoms with Gasteiger partial charge in [-0.15, -0.1) is 0 Å². The fourth-order valence-electron chi connectivity index (χ4n) is 1.68. The van der Waals surface area contributed by atoms with Crippen molar-refractivity contribution in [3.8, 4) is 5.75 Å². The largest absolute Gasteiger partial charge is 0.508 e. The first-order valence-corrected chi connectivity index (χ1v) is 5.64. The van der Waals surface area contributed by atoms with Crippen LogP contribution >= 0.6 is 0 Å². The lowest BCUT2D eigenvalue weighted by Crippen LogP contribution is -2.06. The van der Waals surface area contributed by atoms with E-state index in [1.807, 2.05) is 0 Å². The van der Waals surface area contributed by atoms with Gasteiger partial charge in [0.2, 0.25) is 0 Å². The van der Waals surface area contributed by atoms with Gasteiger partial charge in [0.25, 0.3) is 0 Å². The van der Waals surface area contributed by atoms with Crippen LogP contribution in [-0.2, 0) is 12.7 Å². The van der Waals surface area contributed by atoms with Gasteiger partial charge in [-0.1, -0.05) is 18.2 Å². The summed E-state index contributed by atoms with van der Waals surface area (Å²) in [5.74, 6) is 0.106. The smallest absolute Gasteiger partial charge is 0.416 e. The Bertz CT molecular complexity index is 567. The number of halogens is 3. The number of hydrogen-bond acceptors (Lipinski definition) is 2. The Morgan fingerprint density at radius 2 is 1.74 bits per heavy atom. The molecule has 0 spiro atoms. The molecule has 0 heterocycles. The molecule has 0 aromatic heterocycles. The van der Waals surface area contributed by atoms with Gasteiger partial charge in [-0.3, -0.25) is 0 Å². The van der Waals surface area contributed by atoms with E-state index >= 15 is 0 Å². The molecule has 2 nitrogen and oxygen atoms in total. The van der Waals surface area contributed by atoms with E-state index in [0.29, 0.717) is 11.3 Å². The summed E-state index contributed by atoms with van der Waals surface area (Å²) in [5, 5.41) is 12.2. The number of rotatable bonds is 3. The summed E-state index contributed by atoms with van der Waals surface area (Å²) in [5.41, 5.74) is 0.512. The first-order chi connectivity index (χ1) is 8.95. The lowest BCUT2D eigenvalue weighted by atomic mass is 10.1. The Morgan fingerprint density at radius 3 is 2.42 bits per heavy atom. The molecule has 0 aliphatic heterocycles. The highest BCUT2D eigenvalue weighted by molar-refractivity contribution is 5.48. The van der Waals surface area contributed by atoms with Crippen molar-refractivity contribution in [1.82, 2.24) is 0 Å². The van der Waals surface area contributed by atoms with Crippen LogP contribution in [0, 0.1) is 0 Å². The normalized spacial score (nSPS) is 11.3. The maximum Gasteiger partial charge on any atom is 0.416 e. The molecule has 2 rings (SSSR count). The van der Waals surface area contributed by atoms with Crippen LogP contribution in [0.1, 0.15) is 11.1 Å². The minimum Gasteiger partial charge on any atom is -0.508 e. The highest BCUT2D eigenvalue weighted by Crippen LogP contribution is 2.29. The predicted octanol–water partition coefficient (Wildman–Crippen LogP) is 4.02. The minimum atomic E-state index is -4.33. The molecule has 0 amide bonds. The van der Waals surface area contributed by atoms with Gasteiger partial charge in [0.15, 0.2) is 0 Å². The van der Waals surface area contributed by atoms with E-state index in [-0.39, 0.29) is 12.3 Å². The van der Waals surface area contributed by atoms with Crippen molar-refractivity contribution in [2.75, 3.05) is 5.32 Å². The quantitative estimate of drug-likeness (QED) is 0.880. The van der Waals surface area contributed by atoms with Crippen LogP contribution in [0.2, 0.25) is 0 Å². The summed E-state index contributed by atoms with van der Waals surface area (Å²) in [6, 6.07) is 11.6. The number of hydrogen-bond donors (Lipinski definition) is 2. The van der Waals surface area contributed by atoms with Crippen LogP contribution in [-0.4, -0.2) is 5.11 Å². The van der Waals surface area contributed by atoms with Crippen LogP contribution in [0.15, 0.2) is 48.5 Å². The van der Waals surface area contributed by atoms with Gasteiger partial charge in [-0.05, 0) is 29.8 Å². The van der Waals surface area contributed by atoms with E-state index in [0.717, 1.165) is 12.1 Å². The van der Waals surface area contributed by atoms with Crippen molar-refractivity contribution in [2.45, 2.75) is 12.7 Å². The molecule has 2 N–H and O–H groups in total. The van der Waals surface area contributed by atoms with Crippen LogP contribution in [0.4, 0.5) is 18.9 Å². The fourth-order valence-corrected chi connectivity index (χ4v) is 1.68. The van der Waals surface area contributed by atoms with Crippen molar-refractivity contribution in [2.24, 2.45) is 0 Å². The zero-order valence-corrected chi connectivity index (χ0v) is 9.91. The molecular weight excluding hydrogens is 255 g/mol. The topological polar surface area (TPSA) is 32.3 Å². The maximum absolute atomic E-state index is 12.5. The number of nitrogens with one attached hydrogen (secondary N) is 1. The third kappa shape index (κ3) is 3.64. The van der Waals surface area contributed by atoms with E-state index in [4.69, 9.17) is 0 Å². The zero-order valence-electron chi connectivity index (χ0n) is 9.91. The van der Waals surface area contributed by atoms with E-state index in [1.165, 1.54) is 18.2 Å². The van der Waals surface area contributed by atoms with Crippen molar-refractivity contribution < 1.29 is 18.3 Å². The Balaban J connectivity index is 2.08. The van der Waals surface area contributed by atoms with Crippen LogP contribution in [0.5, 0.6) is 5.75 Å². The molecule has 0 saturated carbocycles. The highest BCUT2D eigenvalue weighted by atomic mass is 19.4. The average Bonchev–Trinajstić information content (AvgIpc) is 2.36. The maximum atomic E-state index is 12.5. The predicted molar refractivity (Wildman–Crippen MR) is 66.9 cm³/mol. The average molecular weight is 267 g/mol. The summed E-state index contributed by atoms with van der Waals surface area (Å²) in [7, 11) is 0. The number of anilines is 1. The molecule has 0 aliphatic carbocycles. The third-order valence-corrected chi connectivity index (χ3v) is 2.60. The standard InChI is InChI=1S/C14H12F3NO/c15-14(16,17)11-4-1-3-10(7-11)9-18-12-5-2-6-13(19)8-12/h1-8,18-19H,9H2. The number of aromatic hydroxyl groups is 1. The number of benzene rings is 2. The molecule has 0 unspecified atom stereocenters. The molecule has 2 aromatic rings. The SMILES string of the molecule is Oc1cccc(NCc2cccc(C(F)(F)F)c2)c1. The van der Waals surface area contributed by atoms with Crippen molar-refractivity contribution in [3.63, 3.8) is 0 Å². The first kappa shape index (κ1) is 13.3. The summed E-state index contributed by atoms with van der Waals surface area (Å²) < 4.78 is 37.6. The molecule has 0 saturated heterocycles. The first-order valence-electron chi connectivity index (χ1n) is 5.64. The van der Waals surface area contributed by atoms with Crippen molar-refractivity contribution >= 4 is 5.69 Å². The third-order valence-electron chi connectivity index (χ3n) is 2.60. The number of alkyl halides is 3. The summed E-state index contributed by atoms with van der Waals surface area (Å²) >= 11 is 0. The number of phenols is 1. The second kappa shape index (κ2) is 5.22. The lowest BCUT2D eigenvalue weighted by molar-refractivity contribution is -0.137. The van der Waals surface area contributed by atoms with E-state index in [1.54, 1.807) is 18.2 Å². The number of phenolic OH excluding ortho intramolecular Hbond substituents is 1. The molecule has 19 heavy (non-hydrogen) atoms.